The fraction of sp³-hybridized carbons (Fsp3) is 0.706. The predicted octanol–water partition coefficient (Wildman–Crippen LogP) is -1.75. The number of aliphatic hydroxyl groups is 4. The molecule has 1 saturated heterocycles. The smallest absolute Gasteiger partial charge is 0.303 e. The summed E-state index contributed by atoms with van der Waals surface area (Å²) in [7, 11) is 0. The SMILES string of the molecule is CC(=O)[C@@]1(O)[C@@](O)(C(C)=O)[C@@H](CCC(=O)O)S[C@@H](C(=O)C(C)O)[C@]1(O)C(C)=O. The number of rotatable bonds is 8. The summed E-state index contributed by atoms with van der Waals surface area (Å²) < 4.78 is 0. The molecule has 158 valence electrons. The first-order chi connectivity index (χ1) is 12.6. The van der Waals surface area contributed by atoms with Crippen molar-refractivity contribution in [2.24, 2.45) is 0 Å². The maximum Gasteiger partial charge on any atom is 0.303 e. The Kier molecular flexibility index (Phi) is 6.96. The highest BCUT2D eigenvalue weighted by atomic mass is 32.2. The Hall–Kier alpha value is -1.66. The third kappa shape index (κ3) is 3.30. The largest absolute Gasteiger partial charge is 0.481 e. The Morgan fingerprint density at radius 1 is 0.929 bits per heavy atom. The average Bonchev–Trinajstić information content (AvgIpc) is 2.57. The van der Waals surface area contributed by atoms with Crippen LogP contribution in [0.15, 0.2) is 0 Å². The van der Waals surface area contributed by atoms with Crippen molar-refractivity contribution < 1.29 is 49.5 Å². The van der Waals surface area contributed by atoms with Gasteiger partial charge in [-0.2, -0.15) is 0 Å². The first kappa shape index (κ1) is 24.4. The molecule has 0 aromatic carbocycles. The fourth-order valence-electron chi connectivity index (χ4n) is 3.56. The summed E-state index contributed by atoms with van der Waals surface area (Å²) in [4.78, 5) is 60.5. The van der Waals surface area contributed by atoms with E-state index in [2.05, 4.69) is 0 Å². The van der Waals surface area contributed by atoms with Crippen LogP contribution in [0, 0.1) is 0 Å². The number of carboxylic acid groups (broad SMARTS) is 1. The highest BCUT2D eigenvalue weighted by Crippen LogP contribution is 2.53. The van der Waals surface area contributed by atoms with Crippen LogP contribution in [0.4, 0.5) is 0 Å². The Labute approximate surface area is 164 Å². The van der Waals surface area contributed by atoms with E-state index in [1.165, 1.54) is 0 Å². The minimum Gasteiger partial charge on any atom is -0.481 e. The average molecular weight is 420 g/mol. The van der Waals surface area contributed by atoms with Gasteiger partial charge in [-0.3, -0.25) is 24.0 Å². The number of carboxylic acids is 1. The molecule has 0 bridgehead atoms. The molecule has 1 aliphatic heterocycles. The zero-order chi connectivity index (χ0) is 22.2. The van der Waals surface area contributed by atoms with Gasteiger partial charge >= 0.3 is 5.97 Å². The molecule has 10 nitrogen and oxygen atoms in total. The van der Waals surface area contributed by atoms with Crippen molar-refractivity contribution in [2.75, 3.05) is 0 Å². The lowest BCUT2D eigenvalue weighted by Gasteiger charge is -2.57. The van der Waals surface area contributed by atoms with Crippen molar-refractivity contribution in [3.8, 4) is 0 Å². The second-order valence-electron chi connectivity index (χ2n) is 6.93. The normalized spacial score (nSPS) is 36.4. The Bertz CT molecular complexity index is 719. The lowest BCUT2D eigenvalue weighted by Crippen LogP contribution is -2.84. The molecule has 6 atom stereocenters. The van der Waals surface area contributed by atoms with Gasteiger partial charge < -0.3 is 25.5 Å². The first-order valence-electron chi connectivity index (χ1n) is 8.39. The zero-order valence-electron chi connectivity index (χ0n) is 15.8. The van der Waals surface area contributed by atoms with Crippen LogP contribution in [0.2, 0.25) is 0 Å². The summed E-state index contributed by atoms with van der Waals surface area (Å²) in [5.41, 5.74) is -9.74. The van der Waals surface area contributed by atoms with Gasteiger partial charge in [0.05, 0.1) is 0 Å². The van der Waals surface area contributed by atoms with Gasteiger partial charge in [0, 0.05) is 11.7 Å². The number of Topliss-reactive ketones (excluding diaryl/α,β-unsaturated/α-hetero) is 4. The van der Waals surface area contributed by atoms with E-state index in [1.807, 2.05) is 0 Å². The molecular formula is C17H24O10S. The number of carbonyl (C=O) groups is 5. The third-order valence-electron chi connectivity index (χ3n) is 5.12. The molecule has 0 saturated carbocycles. The van der Waals surface area contributed by atoms with Crippen molar-refractivity contribution >= 4 is 40.9 Å². The molecule has 0 radical (unpaired) electrons. The predicted molar refractivity (Wildman–Crippen MR) is 95.6 cm³/mol. The number of aliphatic hydroxyl groups excluding tert-OH is 1. The van der Waals surface area contributed by atoms with Crippen LogP contribution in [0.3, 0.4) is 0 Å². The summed E-state index contributed by atoms with van der Waals surface area (Å²) in [6, 6.07) is 0. The Morgan fingerprint density at radius 2 is 1.39 bits per heavy atom. The maximum absolute atomic E-state index is 12.5. The van der Waals surface area contributed by atoms with E-state index in [1.54, 1.807) is 0 Å². The molecule has 1 unspecified atom stereocenters. The number of hydrogen-bond acceptors (Lipinski definition) is 10. The number of carbonyl (C=O) groups excluding carboxylic acids is 4. The highest BCUT2D eigenvalue weighted by Gasteiger charge is 2.78. The third-order valence-corrected chi connectivity index (χ3v) is 6.87. The second-order valence-corrected chi connectivity index (χ2v) is 8.24. The molecule has 5 N–H and O–H groups in total. The van der Waals surface area contributed by atoms with E-state index in [4.69, 9.17) is 5.11 Å². The number of hydrogen-bond donors (Lipinski definition) is 5. The van der Waals surface area contributed by atoms with Gasteiger partial charge in [-0.25, -0.2) is 0 Å². The lowest BCUT2D eigenvalue weighted by atomic mass is 9.61. The van der Waals surface area contributed by atoms with Crippen molar-refractivity contribution in [3.63, 3.8) is 0 Å². The first-order valence-corrected chi connectivity index (χ1v) is 9.33. The molecule has 1 fully saturated rings. The molecule has 28 heavy (non-hydrogen) atoms. The summed E-state index contributed by atoms with van der Waals surface area (Å²) >= 11 is 0.373. The molecule has 0 aromatic rings. The van der Waals surface area contributed by atoms with Crippen molar-refractivity contribution in [1.29, 1.82) is 0 Å². The topological polar surface area (TPSA) is 186 Å². The summed E-state index contributed by atoms with van der Waals surface area (Å²) in [6.07, 6.45) is -2.79. The van der Waals surface area contributed by atoms with E-state index in [9.17, 15) is 44.4 Å². The maximum atomic E-state index is 12.5. The number of aliphatic carboxylic acids is 1. The number of thioether (sulfide) groups is 1. The standard InChI is InChI=1S/C17H24O10S/c1-7(18)13(24)14-16(26,9(3)20)17(27,10(4)21)15(25,8(2)19)11(28-14)5-6-12(22)23/h7,11,14,18,25-27H,5-6H2,1-4H3,(H,22,23)/t7?,11-,14+,15-,16-,17-/m1/s1. The van der Waals surface area contributed by atoms with Crippen LogP contribution in [0.5, 0.6) is 0 Å². The minimum atomic E-state index is -3.44. The van der Waals surface area contributed by atoms with E-state index < -0.39 is 75.4 Å². The van der Waals surface area contributed by atoms with Gasteiger partial charge in [0.1, 0.15) is 11.4 Å². The van der Waals surface area contributed by atoms with Gasteiger partial charge in [-0.1, -0.05) is 0 Å². The van der Waals surface area contributed by atoms with Crippen LogP contribution in [-0.4, -0.2) is 88.0 Å². The Balaban J connectivity index is 3.87. The van der Waals surface area contributed by atoms with Crippen LogP contribution in [0.1, 0.15) is 40.5 Å². The lowest BCUT2D eigenvalue weighted by molar-refractivity contribution is -0.232. The molecule has 0 aliphatic carbocycles. The van der Waals surface area contributed by atoms with Gasteiger partial charge in [0.15, 0.2) is 39.9 Å². The van der Waals surface area contributed by atoms with Gasteiger partial charge in [0.25, 0.3) is 0 Å². The molecular weight excluding hydrogens is 396 g/mol. The highest BCUT2D eigenvalue weighted by molar-refractivity contribution is 8.01. The summed E-state index contributed by atoms with van der Waals surface area (Å²) in [5, 5.41) is 48.5. The molecule has 0 aromatic heterocycles. The quantitative estimate of drug-likeness (QED) is 0.299. The van der Waals surface area contributed by atoms with E-state index in [0.29, 0.717) is 11.8 Å². The molecule has 0 spiro atoms. The van der Waals surface area contributed by atoms with E-state index >= 15 is 0 Å². The van der Waals surface area contributed by atoms with Gasteiger partial charge in [-0.05, 0) is 34.1 Å². The Morgan fingerprint density at radius 3 is 1.71 bits per heavy atom. The molecule has 1 heterocycles. The minimum absolute atomic E-state index is 0.373. The zero-order valence-corrected chi connectivity index (χ0v) is 16.6. The van der Waals surface area contributed by atoms with Crippen LogP contribution < -0.4 is 0 Å². The molecule has 1 aliphatic rings. The van der Waals surface area contributed by atoms with Crippen molar-refractivity contribution in [2.45, 2.75) is 73.9 Å². The number of ketones is 4. The molecule has 0 amide bonds. The van der Waals surface area contributed by atoms with Crippen molar-refractivity contribution in [3.05, 3.63) is 0 Å². The van der Waals surface area contributed by atoms with Crippen LogP contribution in [0.25, 0.3) is 0 Å². The van der Waals surface area contributed by atoms with Crippen molar-refractivity contribution in [1.82, 2.24) is 0 Å². The van der Waals surface area contributed by atoms with E-state index in [0.717, 1.165) is 27.7 Å². The second kappa shape index (κ2) is 7.99. The summed E-state index contributed by atoms with van der Waals surface area (Å²) in [6.45, 7) is 3.32. The van der Waals surface area contributed by atoms with Crippen LogP contribution in [-0.2, 0) is 24.0 Å². The van der Waals surface area contributed by atoms with Gasteiger partial charge in [0.2, 0.25) is 0 Å². The monoisotopic (exact) mass is 420 g/mol. The van der Waals surface area contributed by atoms with Gasteiger partial charge in [-0.15, -0.1) is 11.8 Å². The summed E-state index contributed by atoms with van der Waals surface area (Å²) in [5.74, 6) is -6.30. The molecule has 1 rings (SSSR count). The molecule has 11 heteroatoms. The van der Waals surface area contributed by atoms with E-state index in [-0.39, 0.29) is 0 Å². The fourth-order valence-corrected chi connectivity index (χ4v) is 5.54. The van der Waals surface area contributed by atoms with Crippen LogP contribution >= 0.6 is 11.8 Å².